The molecule has 106 valence electrons. The van der Waals surface area contributed by atoms with Gasteiger partial charge in [0.25, 0.3) is 5.56 Å². The number of H-pyrrole nitrogens is 1. The van der Waals surface area contributed by atoms with E-state index in [0.29, 0.717) is 5.92 Å². The summed E-state index contributed by atoms with van der Waals surface area (Å²) in [5, 5.41) is 0. The average Bonchev–Trinajstić information content (AvgIpc) is 2.37. The summed E-state index contributed by atoms with van der Waals surface area (Å²) in [6, 6.07) is 1.64. The van der Waals surface area contributed by atoms with Gasteiger partial charge in [0.2, 0.25) is 0 Å². The molecule has 3 heteroatoms. The quantitative estimate of drug-likeness (QED) is 0.882. The van der Waals surface area contributed by atoms with Crippen LogP contribution in [-0.2, 0) is 5.41 Å². The summed E-state index contributed by atoms with van der Waals surface area (Å²) in [7, 11) is 0. The molecule has 1 heterocycles. The van der Waals surface area contributed by atoms with Gasteiger partial charge in [-0.1, -0.05) is 47.0 Å². The van der Waals surface area contributed by atoms with Gasteiger partial charge in [-0.3, -0.25) is 4.79 Å². The first-order chi connectivity index (χ1) is 8.90. The van der Waals surface area contributed by atoms with Gasteiger partial charge in [0.1, 0.15) is 5.82 Å². The van der Waals surface area contributed by atoms with Crippen molar-refractivity contribution in [2.45, 2.75) is 71.1 Å². The van der Waals surface area contributed by atoms with Crippen LogP contribution in [0, 0.1) is 5.92 Å². The third kappa shape index (κ3) is 3.46. The van der Waals surface area contributed by atoms with Crippen molar-refractivity contribution in [3.8, 4) is 0 Å². The SMILES string of the molecule is CCC1CCCC(c2nc(C(C)(C)C)cc(=O)[nH]2)C1. The third-order valence-electron chi connectivity index (χ3n) is 4.28. The van der Waals surface area contributed by atoms with Crippen LogP contribution >= 0.6 is 0 Å². The van der Waals surface area contributed by atoms with Crippen LogP contribution in [0.4, 0.5) is 0 Å². The van der Waals surface area contributed by atoms with E-state index < -0.39 is 0 Å². The highest BCUT2D eigenvalue weighted by molar-refractivity contribution is 5.14. The van der Waals surface area contributed by atoms with E-state index in [1.807, 2.05) is 0 Å². The van der Waals surface area contributed by atoms with E-state index in [2.05, 4.69) is 32.7 Å². The average molecular weight is 262 g/mol. The van der Waals surface area contributed by atoms with Gasteiger partial charge >= 0.3 is 0 Å². The van der Waals surface area contributed by atoms with Crippen molar-refractivity contribution >= 4 is 0 Å². The molecule has 2 unspecified atom stereocenters. The van der Waals surface area contributed by atoms with Gasteiger partial charge in [-0.2, -0.15) is 0 Å². The molecule has 3 nitrogen and oxygen atoms in total. The van der Waals surface area contributed by atoms with Crippen LogP contribution in [0.1, 0.15) is 77.2 Å². The summed E-state index contributed by atoms with van der Waals surface area (Å²) in [6.45, 7) is 8.58. The first-order valence-electron chi connectivity index (χ1n) is 7.52. The minimum absolute atomic E-state index is 0.00598. The van der Waals surface area contributed by atoms with Crippen LogP contribution in [0.25, 0.3) is 0 Å². The minimum Gasteiger partial charge on any atom is -0.310 e. The molecule has 1 aromatic rings. The Kier molecular flexibility index (Phi) is 4.12. The van der Waals surface area contributed by atoms with E-state index in [0.717, 1.165) is 23.9 Å². The lowest BCUT2D eigenvalue weighted by molar-refractivity contribution is 0.306. The summed E-state index contributed by atoms with van der Waals surface area (Å²) in [6.07, 6.45) is 6.16. The Hall–Kier alpha value is -1.12. The molecule has 1 aliphatic carbocycles. The smallest absolute Gasteiger partial charge is 0.251 e. The zero-order valence-corrected chi connectivity index (χ0v) is 12.6. The van der Waals surface area contributed by atoms with Crippen LogP contribution in [0.5, 0.6) is 0 Å². The van der Waals surface area contributed by atoms with Crippen molar-refractivity contribution < 1.29 is 0 Å². The maximum absolute atomic E-state index is 11.9. The molecule has 0 spiro atoms. The zero-order valence-electron chi connectivity index (χ0n) is 12.6. The molecule has 0 saturated heterocycles. The molecule has 1 N–H and O–H groups in total. The van der Waals surface area contributed by atoms with Gasteiger partial charge < -0.3 is 4.98 Å². The Labute approximate surface area is 115 Å². The van der Waals surface area contributed by atoms with E-state index in [1.165, 1.54) is 25.7 Å². The summed E-state index contributed by atoms with van der Waals surface area (Å²) in [4.78, 5) is 19.6. The monoisotopic (exact) mass is 262 g/mol. The van der Waals surface area contributed by atoms with Crippen molar-refractivity contribution in [1.82, 2.24) is 9.97 Å². The molecule has 19 heavy (non-hydrogen) atoms. The van der Waals surface area contributed by atoms with E-state index in [1.54, 1.807) is 6.07 Å². The van der Waals surface area contributed by atoms with Gasteiger partial charge in [-0.25, -0.2) is 4.98 Å². The number of hydrogen-bond acceptors (Lipinski definition) is 2. The van der Waals surface area contributed by atoms with Gasteiger partial charge in [-0.15, -0.1) is 0 Å². The summed E-state index contributed by atoms with van der Waals surface area (Å²) >= 11 is 0. The van der Waals surface area contributed by atoms with E-state index >= 15 is 0 Å². The first-order valence-corrected chi connectivity index (χ1v) is 7.52. The van der Waals surface area contributed by atoms with Gasteiger partial charge in [0.05, 0.1) is 5.69 Å². The molecule has 1 aliphatic rings. The van der Waals surface area contributed by atoms with Crippen LogP contribution in [0.3, 0.4) is 0 Å². The number of aromatic nitrogens is 2. The van der Waals surface area contributed by atoms with Crippen LogP contribution < -0.4 is 5.56 Å². The predicted molar refractivity (Wildman–Crippen MR) is 78.5 cm³/mol. The fraction of sp³-hybridized carbons (Fsp3) is 0.750. The standard InChI is InChI=1S/C16H26N2O/c1-5-11-7-6-8-12(9-11)15-17-13(16(2,3)4)10-14(19)18-15/h10-12H,5-9H2,1-4H3,(H,17,18,19). The molecular weight excluding hydrogens is 236 g/mol. The van der Waals surface area contributed by atoms with Crippen LogP contribution in [-0.4, -0.2) is 9.97 Å². The minimum atomic E-state index is -0.0676. The molecular formula is C16H26N2O. The van der Waals surface area contributed by atoms with Crippen LogP contribution in [0.2, 0.25) is 0 Å². The lowest BCUT2D eigenvalue weighted by Gasteiger charge is -2.28. The Morgan fingerprint density at radius 1 is 1.37 bits per heavy atom. The first kappa shape index (κ1) is 14.3. The van der Waals surface area contributed by atoms with E-state index in [4.69, 9.17) is 4.98 Å². The number of rotatable bonds is 2. The highest BCUT2D eigenvalue weighted by Gasteiger charge is 2.25. The molecule has 0 bridgehead atoms. The molecule has 2 rings (SSSR count). The highest BCUT2D eigenvalue weighted by atomic mass is 16.1. The predicted octanol–water partition coefficient (Wildman–Crippen LogP) is 3.75. The second kappa shape index (κ2) is 5.48. The van der Waals surface area contributed by atoms with Gasteiger partial charge in [0, 0.05) is 17.4 Å². The second-order valence-corrected chi connectivity index (χ2v) is 6.90. The number of aromatic amines is 1. The maximum atomic E-state index is 11.9. The van der Waals surface area contributed by atoms with Crippen molar-refractivity contribution in [1.29, 1.82) is 0 Å². The molecule has 0 aromatic carbocycles. The lowest BCUT2D eigenvalue weighted by atomic mass is 9.79. The summed E-state index contributed by atoms with van der Waals surface area (Å²) < 4.78 is 0. The maximum Gasteiger partial charge on any atom is 0.251 e. The van der Waals surface area contributed by atoms with E-state index in [-0.39, 0.29) is 11.0 Å². The van der Waals surface area contributed by atoms with Crippen molar-refractivity contribution in [2.24, 2.45) is 5.92 Å². The van der Waals surface area contributed by atoms with Crippen LogP contribution in [0.15, 0.2) is 10.9 Å². The molecule has 1 fully saturated rings. The Morgan fingerprint density at radius 3 is 2.74 bits per heavy atom. The third-order valence-corrected chi connectivity index (χ3v) is 4.28. The number of nitrogens with zero attached hydrogens (tertiary/aromatic N) is 1. The molecule has 2 atom stereocenters. The number of nitrogens with one attached hydrogen (secondary N) is 1. The Morgan fingerprint density at radius 2 is 2.11 bits per heavy atom. The lowest BCUT2D eigenvalue weighted by Crippen LogP contribution is -2.24. The molecule has 1 saturated carbocycles. The van der Waals surface area contributed by atoms with Gasteiger partial charge in [-0.05, 0) is 18.8 Å². The van der Waals surface area contributed by atoms with E-state index in [9.17, 15) is 4.79 Å². The zero-order chi connectivity index (χ0) is 14.0. The molecule has 0 radical (unpaired) electrons. The largest absolute Gasteiger partial charge is 0.310 e. The van der Waals surface area contributed by atoms with Gasteiger partial charge in [0.15, 0.2) is 0 Å². The Bertz CT molecular complexity index is 484. The summed E-state index contributed by atoms with van der Waals surface area (Å²) in [5.74, 6) is 2.15. The topological polar surface area (TPSA) is 45.8 Å². The fourth-order valence-corrected chi connectivity index (χ4v) is 2.96. The number of hydrogen-bond donors (Lipinski definition) is 1. The molecule has 0 amide bonds. The van der Waals surface area contributed by atoms with Crippen molar-refractivity contribution in [3.05, 3.63) is 27.9 Å². The fourth-order valence-electron chi connectivity index (χ4n) is 2.96. The highest BCUT2D eigenvalue weighted by Crippen LogP contribution is 2.36. The Balaban J connectivity index is 2.29. The van der Waals surface area contributed by atoms with Crippen molar-refractivity contribution in [2.75, 3.05) is 0 Å². The normalized spacial score (nSPS) is 24.4. The molecule has 0 aliphatic heterocycles. The summed E-state index contributed by atoms with van der Waals surface area (Å²) in [5.41, 5.74) is 0.834. The molecule has 1 aromatic heterocycles. The second-order valence-electron chi connectivity index (χ2n) is 6.90. The van der Waals surface area contributed by atoms with Crippen molar-refractivity contribution in [3.63, 3.8) is 0 Å².